The van der Waals surface area contributed by atoms with E-state index >= 15 is 0 Å². The summed E-state index contributed by atoms with van der Waals surface area (Å²) in [5, 5.41) is 14.6. The van der Waals surface area contributed by atoms with E-state index in [-0.39, 0.29) is 6.42 Å². The first-order valence-electron chi connectivity index (χ1n) is 5.63. The molecule has 1 aromatic heterocycles. The van der Waals surface area contributed by atoms with Gasteiger partial charge in [0.1, 0.15) is 0 Å². The molecule has 2 rings (SSSR count). The summed E-state index contributed by atoms with van der Waals surface area (Å²) in [4.78, 5) is 14.8. The number of hydrogen-bond acceptors (Lipinski definition) is 5. The third kappa shape index (κ3) is 3.41. The number of carboxylic acid groups (broad SMARTS) is 1. The van der Waals surface area contributed by atoms with Gasteiger partial charge in [-0.2, -0.15) is 0 Å². The molecule has 5 nitrogen and oxygen atoms in total. The second-order valence-electron chi connectivity index (χ2n) is 4.23. The molecule has 1 aliphatic carbocycles. The third-order valence-electron chi connectivity index (χ3n) is 2.93. The number of hydrogen-bond donors (Lipinski definition) is 2. The molecule has 0 amide bonds. The molecule has 1 aliphatic rings. The van der Waals surface area contributed by atoms with Crippen LogP contribution in [0.4, 0.5) is 5.13 Å². The largest absolute Gasteiger partial charge is 0.481 e. The van der Waals surface area contributed by atoms with Crippen molar-refractivity contribution in [2.45, 2.75) is 37.8 Å². The lowest BCUT2D eigenvalue weighted by Gasteiger charge is -2.11. The third-order valence-corrected chi connectivity index (χ3v) is 3.75. The molecule has 0 saturated heterocycles. The normalized spacial score (nSPS) is 23.8. The van der Waals surface area contributed by atoms with E-state index in [1.165, 1.54) is 11.3 Å². The van der Waals surface area contributed by atoms with Gasteiger partial charge in [-0.15, -0.1) is 11.3 Å². The van der Waals surface area contributed by atoms with Crippen molar-refractivity contribution in [3.05, 3.63) is 11.1 Å². The number of carbonyl (C=O) groups is 1. The number of nitrogens with one attached hydrogen (secondary N) is 1. The minimum Gasteiger partial charge on any atom is -0.481 e. The molecule has 2 atom stereocenters. The number of carboxylic acids is 1. The molecule has 17 heavy (non-hydrogen) atoms. The molecule has 1 heterocycles. The Morgan fingerprint density at radius 2 is 2.53 bits per heavy atom. The summed E-state index contributed by atoms with van der Waals surface area (Å²) in [5.41, 5.74) is 0.617. The Bertz CT molecular complexity index is 394. The standard InChI is InChI=1S/C11H16N2O3S/c1-16-9-3-2-7(4-9)12-11-13-8(6-17-11)5-10(14)15/h6-7,9H,2-5H2,1H3,(H,12,13)(H,14,15). The summed E-state index contributed by atoms with van der Waals surface area (Å²) >= 11 is 1.46. The van der Waals surface area contributed by atoms with Gasteiger partial charge in [0.15, 0.2) is 5.13 Å². The first kappa shape index (κ1) is 12.3. The predicted molar refractivity (Wildman–Crippen MR) is 65.5 cm³/mol. The highest BCUT2D eigenvalue weighted by Gasteiger charge is 2.24. The van der Waals surface area contributed by atoms with Crippen molar-refractivity contribution in [1.82, 2.24) is 4.98 Å². The minimum absolute atomic E-state index is 0.0104. The quantitative estimate of drug-likeness (QED) is 0.839. The van der Waals surface area contributed by atoms with Crippen LogP contribution in [0.25, 0.3) is 0 Å². The topological polar surface area (TPSA) is 71.5 Å². The van der Waals surface area contributed by atoms with Crippen LogP contribution in [0, 0.1) is 0 Å². The Labute approximate surface area is 104 Å². The summed E-state index contributed by atoms with van der Waals surface area (Å²) in [6.07, 6.45) is 3.47. The smallest absolute Gasteiger partial charge is 0.309 e. The lowest BCUT2D eigenvalue weighted by atomic mass is 10.2. The molecule has 1 aromatic rings. The first-order chi connectivity index (χ1) is 8.17. The Morgan fingerprint density at radius 3 is 3.18 bits per heavy atom. The van der Waals surface area contributed by atoms with Gasteiger partial charge in [-0.25, -0.2) is 4.98 Å². The summed E-state index contributed by atoms with van der Waals surface area (Å²) in [6.45, 7) is 0. The molecule has 0 radical (unpaired) electrons. The molecular weight excluding hydrogens is 240 g/mol. The van der Waals surface area contributed by atoms with E-state index in [1.54, 1.807) is 12.5 Å². The highest BCUT2D eigenvalue weighted by molar-refractivity contribution is 7.13. The van der Waals surface area contributed by atoms with Crippen LogP contribution in [0.1, 0.15) is 25.0 Å². The van der Waals surface area contributed by atoms with Crippen molar-refractivity contribution in [2.24, 2.45) is 0 Å². The molecule has 6 heteroatoms. The second-order valence-corrected chi connectivity index (χ2v) is 5.08. The molecule has 1 fully saturated rings. The van der Waals surface area contributed by atoms with Gasteiger partial charge >= 0.3 is 5.97 Å². The second kappa shape index (κ2) is 5.46. The number of aliphatic carboxylic acids is 1. The zero-order valence-corrected chi connectivity index (χ0v) is 10.5. The maximum atomic E-state index is 10.5. The zero-order chi connectivity index (χ0) is 12.3. The molecule has 94 valence electrons. The molecule has 1 saturated carbocycles. The number of thiazole rings is 1. The number of anilines is 1. The summed E-state index contributed by atoms with van der Waals surface area (Å²) in [5.74, 6) is -0.845. The monoisotopic (exact) mass is 256 g/mol. The van der Waals surface area contributed by atoms with Gasteiger partial charge in [0, 0.05) is 18.5 Å². The SMILES string of the molecule is COC1CCC(Nc2nc(CC(=O)O)cs2)C1. The molecular formula is C11H16N2O3S. The van der Waals surface area contributed by atoms with Gasteiger partial charge in [-0.05, 0) is 19.3 Å². The van der Waals surface area contributed by atoms with E-state index in [0.29, 0.717) is 17.8 Å². The number of methoxy groups -OCH3 is 1. The summed E-state index contributed by atoms with van der Waals surface area (Å²) in [6, 6.07) is 0.392. The van der Waals surface area contributed by atoms with Gasteiger partial charge in [-0.1, -0.05) is 0 Å². The lowest BCUT2D eigenvalue weighted by Crippen LogP contribution is -2.17. The van der Waals surface area contributed by atoms with E-state index in [4.69, 9.17) is 9.84 Å². The Balaban J connectivity index is 1.87. The van der Waals surface area contributed by atoms with Crippen molar-refractivity contribution in [1.29, 1.82) is 0 Å². The Hall–Kier alpha value is -1.14. The zero-order valence-electron chi connectivity index (χ0n) is 9.68. The van der Waals surface area contributed by atoms with Crippen LogP contribution in [-0.2, 0) is 16.0 Å². The fourth-order valence-corrected chi connectivity index (χ4v) is 2.86. The molecule has 0 aliphatic heterocycles. The molecule has 2 N–H and O–H groups in total. The van der Waals surface area contributed by atoms with Crippen molar-refractivity contribution in [3.63, 3.8) is 0 Å². The highest BCUT2D eigenvalue weighted by atomic mass is 32.1. The summed E-state index contributed by atoms with van der Waals surface area (Å²) in [7, 11) is 1.74. The summed E-state index contributed by atoms with van der Waals surface area (Å²) < 4.78 is 5.30. The molecule has 0 bridgehead atoms. The highest BCUT2D eigenvalue weighted by Crippen LogP contribution is 2.26. The number of rotatable bonds is 5. The minimum atomic E-state index is -0.845. The van der Waals surface area contributed by atoms with Crippen LogP contribution in [0.3, 0.4) is 0 Å². The molecule has 0 spiro atoms. The fourth-order valence-electron chi connectivity index (χ4n) is 2.07. The number of aromatic nitrogens is 1. The first-order valence-corrected chi connectivity index (χ1v) is 6.51. The molecule has 0 aromatic carbocycles. The van der Waals surface area contributed by atoms with Crippen LogP contribution in [0.5, 0.6) is 0 Å². The van der Waals surface area contributed by atoms with Crippen molar-refractivity contribution in [2.75, 3.05) is 12.4 Å². The Kier molecular flexibility index (Phi) is 3.96. The predicted octanol–water partition coefficient (Wildman–Crippen LogP) is 1.75. The van der Waals surface area contributed by atoms with Gasteiger partial charge in [0.2, 0.25) is 0 Å². The van der Waals surface area contributed by atoms with E-state index in [9.17, 15) is 4.79 Å². The van der Waals surface area contributed by atoms with Gasteiger partial charge in [0.25, 0.3) is 0 Å². The number of ether oxygens (including phenoxy) is 1. The van der Waals surface area contributed by atoms with E-state index in [2.05, 4.69) is 10.3 Å². The van der Waals surface area contributed by atoms with Crippen LogP contribution < -0.4 is 5.32 Å². The maximum absolute atomic E-state index is 10.5. The van der Waals surface area contributed by atoms with Crippen LogP contribution in [-0.4, -0.2) is 35.3 Å². The van der Waals surface area contributed by atoms with E-state index in [1.807, 2.05) is 0 Å². The van der Waals surface area contributed by atoms with Crippen molar-refractivity contribution < 1.29 is 14.6 Å². The average Bonchev–Trinajstić information content (AvgIpc) is 2.88. The van der Waals surface area contributed by atoms with Gasteiger partial charge < -0.3 is 15.2 Å². The van der Waals surface area contributed by atoms with Gasteiger partial charge in [-0.3, -0.25) is 4.79 Å². The van der Waals surface area contributed by atoms with Crippen LogP contribution >= 0.6 is 11.3 Å². The lowest BCUT2D eigenvalue weighted by molar-refractivity contribution is -0.136. The van der Waals surface area contributed by atoms with Crippen LogP contribution in [0.15, 0.2) is 5.38 Å². The van der Waals surface area contributed by atoms with E-state index < -0.39 is 5.97 Å². The van der Waals surface area contributed by atoms with Crippen molar-refractivity contribution >= 4 is 22.4 Å². The van der Waals surface area contributed by atoms with E-state index in [0.717, 1.165) is 24.4 Å². The van der Waals surface area contributed by atoms with Crippen LogP contribution in [0.2, 0.25) is 0 Å². The number of nitrogens with zero attached hydrogens (tertiary/aromatic N) is 1. The van der Waals surface area contributed by atoms with Crippen molar-refractivity contribution in [3.8, 4) is 0 Å². The maximum Gasteiger partial charge on any atom is 0.309 e. The fraction of sp³-hybridized carbons (Fsp3) is 0.636. The average molecular weight is 256 g/mol. The Morgan fingerprint density at radius 1 is 1.71 bits per heavy atom. The van der Waals surface area contributed by atoms with Gasteiger partial charge in [0.05, 0.1) is 18.2 Å². The molecule has 2 unspecified atom stereocenters.